The zero-order valence-electron chi connectivity index (χ0n) is 19.8. The molecule has 33 heavy (non-hydrogen) atoms. The Morgan fingerprint density at radius 3 is 2.36 bits per heavy atom. The molecule has 8 heteroatoms. The second kappa shape index (κ2) is 11.5. The molecule has 1 heterocycles. The predicted molar refractivity (Wildman–Crippen MR) is 132 cm³/mol. The maximum absolute atomic E-state index is 12.6. The van der Waals surface area contributed by atoms with E-state index in [1.165, 1.54) is 24.8 Å². The molecular formula is C25H35N3O4S. The van der Waals surface area contributed by atoms with Gasteiger partial charge in [0.1, 0.15) is 12.3 Å². The first-order valence-corrected chi connectivity index (χ1v) is 13.4. The summed E-state index contributed by atoms with van der Waals surface area (Å²) in [5.74, 6) is 0.189. The Labute approximate surface area is 197 Å². The maximum atomic E-state index is 12.6. The van der Waals surface area contributed by atoms with Gasteiger partial charge in [-0.2, -0.15) is 0 Å². The number of amides is 1. The van der Waals surface area contributed by atoms with E-state index in [1.807, 2.05) is 26.0 Å². The summed E-state index contributed by atoms with van der Waals surface area (Å²) in [5.41, 5.74) is 2.63. The van der Waals surface area contributed by atoms with Crippen LogP contribution in [0.3, 0.4) is 0 Å². The minimum atomic E-state index is -3.65. The summed E-state index contributed by atoms with van der Waals surface area (Å²) < 4.78 is 31.5. The Balaban J connectivity index is 1.57. The average molecular weight is 474 g/mol. The molecule has 180 valence electrons. The molecule has 0 atom stereocenters. The highest BCUT2D eigenvalue weighted by Crippen LogP contribution is 2.24. The van der Waals surface area contributed by atoms with Crippen molar-refractivity contribution in [1.82, 2.24) is 10.2 Å². The molecular weight excluding hydrogens is 438 g/mol. The third kappa shape index (κ3) is 8.05. The quantitative estimate of drug-likeness (QED) is 0.571. The van der Waals surface area contributed by atoms with Gasteiger partial charge in [-0.25, -0.2) is 8.42 Å². The SMILES string of the molecule is CC(C)Oc1cccc(N(CC(=O)NCc2ccc(CN3CCCCC3)cc2)S(C)(=O)=O)c1. The fraction of sp³-hybridized carbons (Fsp3) is 0.480. The van der Waals surface area contributed by atoms with Crippen LogP contribution >= 0.6 is 0 Å². The van der Waals surface area contributed by atoms with Gasteiger partial charge in [0.2, 0.25) is 15.9 Å². The average Bonchev–Trinajstić information content (AvgIpc) is 2.77. The van der Waals surface area contributed by atoms with E-state index in [-0.39, 0.29) is 18.6 Å². The van der Waals surface area contributed by atoms with Gasteiger partial charge in [-0.15, -0.1) is 0 Å². The molecule has 1 N–H and O–H groups in total. The van der Waals surface area contributed by atoms with Crippen LogP contribution in [0.2, 0.25) is 0 Å². The van der Waals surface area contributed by atoms with Gasteiger partial charge in [-0.1, -0.05) is 36.8 Å². The molecule has 0 bridgehead atoms. The zero-order chi connectivity index (χ0) is 23.8. The lowest BCUT2D eigenvalue weighted by molar-refractivity contribution is -0.119. The van der Waals surface area contributed by atoms with Crippen LogP contribution in [0.15, 0.2) is 48.5 Å². The Morgan fingerprint density at radius 2 is 1.73 bits per heavy atom. The van der Waals surface area contributed by atoms with Gasteiger partial charge in [0.15, 0.2) is 0 Å². The van der Waals surface area contributed by atoms with Crippen molar-refractivity contribution in [2.24, 2.45) is 0 Å². The van der Waals surface area contributed by atoms with Crippen molar-refractivity contribution in [1.29, 1.82) is 0 Å². The number of likely N-dealkylation sites (tertiary alicyclic amines) is 1. The number of benzene rings is 2. The van der Waals surface area contributed by atoms with E-state index < -0.39 is 10.0 Å². The second-order valence-corrected chi connectivity index (χ2v) is 10.8. The minimum absolute atomic E-state index is 0.0403. The summed E-state index contributed by atoms with van der Waals surface area (Å²) in [6, 6.07) is 15.0. The molecule has 1 aliphatic rings. The van der Waals surface area contributed by atoms with Gasteiger partial charge in [0.05, 0.1) is 18.0 Å². The Hall–Kier alpha value is -2.58. The number of piperidine rings is 1. The number of sulfonamides is 1. The Bertz CT molecular complexity index is 1020. The molecule has 1 saturated heterocycles. The van der Waals surface area contributed by atoms with E-state index >= 15 is 0 Å². The van der Waals surface area contributed by atoms with Crippen molar-refractivity contribution >= 4 is 21.6 Å². The normalized spacial score (nSPS) is 14.8. The monoisotopic (exact) mass is 473 g/mol. The lowest BCUT2D eigenvalue weighted by Gasteiger charge is -2.26. The number of nitrogens with one attached hydrogen (secondary N) is 1. The maximum Gasteiger partial charge on any atom is 0.241 e. The Kier molecular flexibility index (Phi) is 8.74. The molecule has 0 aliphatic carbocycles. The van der Waals surface area contributed by atoms with E-state index in [4.69, 9.17) is 4.74 Å². The van der Waals surface area contributed by atoms with Gasteiger partial charge in [0, 0.05) is 19.2 Å². The second-order valence-electron chi connectivity index (χ2n) is 8.86. The number of carbonyl (C=O) groups is 1. The fourth-order valence-electron chi connectivity index (χ4n) is 3.91. The summed E-state index contributed by atoms with van der Waals surface area (Å²) in [5, 5.41) is 2.83. The van der Waals surface area contributed by atoms with Crippen molar-refractivity contribution in [3.8, 4) is 5.75 Å². The smallest absolute Gasteiger partial charge is 0.241 e. The van der Waals surface area contributed by atoms with E-state index in [2.05, 4.69) is 22.3 Å². The molecule has 0 spiro atoms. The first-order chi connectivity index (χ1) is 15.7. The van der Waals surface area contributed by atoms with Crippen molar-refractivity contribution in [2.45, 2.75) is 52.3 Å². The van der Waals surface area contributed by atoms with Gasteiger partial charge in [-0.05, 0) is 63.0 Å². The third-order valence-corrected chi connectivity index (χ3v) is 6.67. The third-order valence-electron chi connectivity index (χ3n) is 5.53. The molecule has 0 radical (unpaired) electrons. The van der Waals surface area contributed by atoms with Crippen molar-refractivity contribution < 1.29 is 17.9 Å². The van der Waals surface area contributed by atoms with Crippen LogP contribution < -0.4 is 14.4 Å². The number of rotatable bonds is 10. The van der Waals surface area contributed by atoms with Gasteiger partial charge >= 0.3 is 0 Å². The number of hydrogen-bond acceptors (Lipinski definition) is 5. The van der Waals surface area contributed by atoms with Gasteiger partial charge in [-0.3, -0.25) is 14.0 Å². The van der Waals surface area contributed by atoms with Crippen molar-refractivity contribution in [3.05, 3.63) is 59.7 Å². The molecule has 1 aliphatic heterocycles. The van der Waals surface area contributed by atoms with Gasteiger partial charge < -0.3 is 10.1 Å². The van der Waals surface area contributed by atoms with Gasteiger partial charge in [0.25, 0.3) is 0 Å². The lowest BCUT2D eigenvalue weighted by Crippen LogP contribution is -2.40. The van der Waals surface area contributed by atoms with Crippen LogP contribution in [0.5, 0.6) is 5.75 Å². The first-order valence-electron chi connectivity index (χ1n) is 11.5. The number of anilines is 1. The summed E-state index contributed by atoms with van der Waals surface area (Å²) in [4.78, 5) is 15.1. The van der Waals surface area contributed by atoms with E-state index in [0.29, 0.717) is 18.0 Å². The summed E-state index contributed by atoms with van der Waals surface area (Å²) in [6.07, 6.45) is 4.91. The number of nitrogens with zero attached hydrogens (tertiary/aromatic N) is 2. The highest BCUT2D eigenvalue weighted by molar-refractivity contribution is 7.92. The van der Waals surface area contributed by atoms with Crippen LogP contribution in [0.1, 0.15) is 44.2 Å². The van der Waals surface area contributed by atoms with E-state index in [0.717, 1.165) is 35.8 Å². The summed E-state index contributed by atoms with van der Waals surface area (Å²) >= 11 is 0. The van der Waals surface area contributed by atoms with Crippen molar-refractivity contribution in [2.75, 3.05) is 30.2 Å². The molecule has 2 aromatic carbocycles. The predicted octanol–water partition coefficient (Wildman–Crippen LogP) is 3.54. The molecule has 7 nitrogen and oxygen atoms in total. The molecule has 0 unspecified atom stereocenters. The van der Waals surface area contributed by atoms with Crippen LogP contribution in [0.4, 0.5) is 5.69 Å². The molecule has 3 rings (SSSR count). The fourth-order valence-corrected chi connectivity index (χ4v) is 4.76. The highest BCUT2D eigenvalue weighted by atomic mass is 32.2. The number of carbonyl (C=O) groups excluding carboxylic acids is 1. The van der Waals surface area contributed by atoms with E-state index in [1.54, 1.807) is 24.3 Å². The highest BCUT2D eigenvalue weighted by Gasteiger charge is 2.21. The van der Waals surface area contributed by atoms with Crippen LogP contribution in [0.25, 0.3) is 0 Å². The minimum Gasteiger partial charge on any atom is -0.491 e. The van der Waals surface area contributed by atoms with Crippen LogP contribution in [0, 0.1) is 0 Å². The molecule has 2 aromatic rings. The molecule has 1 fully saturated rings. The molecule has 0 aromatic heterocycles. The summed E-state index contributed by atoms with van der Waals surface area (Å²) in [6.45, 7) is 7.11. The molecule has 0 saturated carbocycles. The molecule has 1 amide bonds. The standard InChI is InChI=1S/C25H35N3O4S/c1-20(2)32-24-9-7-8-23(16-24)28(33(3,30)31)19-25(29)26-17-21-10-12-22(13-11-21)18-27-14-5-4-6-15-27/h7-13,16,20H,4-6,14-15,17-19H2,1-3H3,(H,26,29). The topological polar surface area (TPSA) is 79.0 Å². The lowest BCUT2D eigenvalue weighted by atomic mass is 10.1. The Morgan fingerprint density at radius 1 is 1.06 bits per heavy atom. The number of ether oxygens (including phenoxy) is 1. The van der Waals surface area contributed by atoms with E-state index in [9.17, 15) is 13.2 Å². The largest absolute Gasteiger partial charge is 0.491 e. The zero-order valence-corrected chi connectivity index (χ0v) is 20.6. The van der Waals surface area contributed by atoms with Crippen LogP contribution in [-0.2, 0) is 27.9 Å². The number of hydrogen-bond donors (Lipinski definition) is 1. The summed E-state index contributed by atoms with van der Waals surface area (Å²) in [7, 11) is -3.65. The van der Waals surface area contributed by atoms with Crippen molar-refractivity contribution in [3.63, 3.8) is 0 Å². The first kappa shape index (κ1) is 25.1. The van der Waals surface area contributed by atoms with Crippen LogP contribution in [-0.4, -0.2) is 51.2 Å².